The molecule has 0 saturated carbocycles. The Morgan fingerprint density at radius 2 is 1.78 bits per heavy atom. The summed E-state index contributed by atoms with van der Waals surface area (Å²) in [6, 6.07) is 15.1. The molecule has 1 aliphatic heterocycles. The number of pyridine rings is 1. The molecule has 0 unspecified atom stereocenters. The van der Waals surface area contributed by atoms with Gasteiger partial charge in [-0.05, 0) is 62.6 Å². The van der Waals surface area contributed by atoms with Crippen molar-refractivity contribution < 1.29 is 18.7 Å². The highest BCUT2D eigenvalue weighted by molar-refractivity contribution is 7.22. The molecule has 1 fully saturated rings. The molecule has 2 aromatic carbocycles. The van der Waals surface area contributed by atoms with E-state index in [-0.39, 0.29) is 17.7 Å². The summed E-state index contributed by atoms with van der Waals surface area (Å²) >= 11 is 1.49. The smallest absolute Gasteiger partial charge is 0.319 e. The first-order valence-corrected chi connectivity index (χ1v) is 13.0. The fourth-order valence-corrected chi connectivity index (χ4v) is 5.30. The minimum absolute atomic E-state index is 0.0346. The third-order valence-corrected chi connectivity index (χ3v) is 7.20. The molecule has 2 N–H and O–H groups in total. The second-order valence-corrected chi connectivity index (χ2v) is 10.3. The summed E-state index contributed by atoms with van der Waals surface area (Å²) in [6.45, 7) is 5.32. The Kier molecular flexibility index (Phi) is 7.05. The van der Waals surface area contributed by atoms with Crippen molar-refractivity contribution in [2.24, 2.45) is 0 Å². The second-order valence-electron chi connectivity index (χ2n) is 9.21. The van der Waals surface area contributed by atoms with Gasteiger partial charge in [-0.25, -0.2) is 9.18 Å². The minimum atomic E-state index is -0.595. The van der Waals surface area contributed by atoms with Crippen molar-refractivity contribution in [2.45, 2.75) is 32.7 Å². The Hall–Kier alpha value is -3.98. The number of aromatic nitrogens is 1. The van der Waals surface area contributed by atoms with Crippen LogP contribution in [0, 0.1) is 5.82 Å². The summed E-state index contributed by atoms with van der Waals surface area (Å²) in [6.07, 6.45) is 3.74. The van der Waals surface area contributed by atoms with E-state index in [2.05, 4.69) is 15.6 Å². The molecule has 1 saturated heterocycles. The van der Waals surface area contributed by atoms with E-state index in [1.54, 1.807) is 18.3 Å². The van der Waals surface area contributed by atoms with Crippen LogP contribution in [-0.4, -0.2) is 41.0 Å². The number of thiophene rings is 1. The Morgan fingerprint density at radius 3 is 2.49 bits per heavy atom. The normalized spacial score (nSPS) is 13.2. The summed E-state index contributed by atoms with van der Waals surface area (Å²) in [5.41, 5.74) is 2.71. The van der Waals surface area contributed by atoms with Crippen LogP contribution in [0.2, 0.25) is 0 Å². The van der Waals surface area contributed by atoms with Crippen LogP contribution in [-0.2, 0) is 0 Å². The molecule has 2 aromatic heterocycles. The summed E-state index contributed by atoms with van der Waals surface area (Å²) < 4.78 is 21.5. The van der Waals surface area contributed by atoms with Crippen LogP contribution in [0.3, 0.4) is 0 Å². The number of hydrogen-bond donors (Lipinski definition) is 2. The van der Waals surface area contributed by atoms with Gasteiger partial charge in [0.1, 0.15) is 5.75 Å². The van der Waals surface area contributed by atoms with E-state index in [1.807, 2.05) is 49.1 Å². The van der Waals surface area contributed by atoms with Gasteiger partial charge in [0.2, 0.25) is 0 Å². The van der Waals surface area contributed by atoms with Gasteiger partial charge >= 0.3 is 6.03 Å². The first-order valence-electron chi connectivity index (χ1n) is 12.2. The van der Waals surface area contributed by atoms with Crippen molar-refractivity contribution in [1.29, 1.82) is 0 Å². The molecule has 0 spiro atoms. The molecule has 7 nitrogen and oxygen atoms in total. The molecular formula is C28H27FN4O3S. The number of benzene rings is 2. The molecular weight excluding hydrogens is 491 g/mol. The van der Waals surface area contributed by atoms with E-state index < -0.39 is 11.8 Å². The van der Waals surface area contributed by atoms with Crippen molar-refractivity contribution in [1.82, 2.24) is 15.2 Å². The number of nitrogens with zero attached hydrogens (tertiary/aromatic N) is 2. The summed E-state index contributed by atoms with van der Waals surface area (Å²) in [4.78, 5) is 31.8. The Bertz CT molecular complexity index is 1450. The highest BCUT2D eigenvalue weighted by Crippen LogP contribution is 2.39. The van der Waals surface area contributed by atoms with Gasteiger partial charge in [0.05, 0.1) is 10.2 Å². The maximum Gasteiger partial charge on any atom is 0.319 e. The molecule has 0 radical (unpaired) electrons. The van der Waals surface area contributed by atoms with E-state index in [0.29, 0.717) is 17.0 Å². The molecule has 1 aliphatic rings. The second kappa shape index (κ2) is 10.6. The van der Waals surface area contributed by atoms with Crippen molar-refractivity contribution in [3.8, 4) is 21.9 Å². The molecule has 9 heteroatoms. The van der Waals surface area contributed by atoms with Crippen molar-refractivity contribution in [3.63, 3.8) is 0 Å². The van der Waals surface area contributed by atoms with Gasteiger partial charge in [-0.2, -0.15) is 0 Å². The number of fused-ring (bicyclic) bond motifs is 1. The van der Waals surface area contributed by atoms with Crippen LogP contribution >= 0.6 is 11.3 Å². The number of halogens is 1. The van der Waals surface area contributed by atoms with Crippen LogP contribution in [0.15, 0.2) is 60.8 Å². The van der Waals surface area contributed by atoms with Crippen LogP contribution in [0.4, 0.5) is 14.9 Å². The van der Waals surface area contributed by atoms with E-state index in [1.165, 1.54) is 23.5 Å². The van der Waals surface area contributed by atoms with Crippen molar-refractivity contribution in [3.05, 3.63) is 72.2 Å². The molecule has 37 heavy (non-hydrogen) atoms. The number of carbonyl (C=O) groups is 2. The predicted molar refractivity (Wildman–Crippen MR) is 144 cm³/mol. The standard InChI is InChI=1S/C28H27FN4O3S/c1-17(2)31-28(35)32-20-9-10-23(21(29)15-20)36-24-11-12-30-22-16-25(37-26(22)24)18-5-7-19(8-6-18)27(34)33-13-3-4-14-33/h5-12,15-17H,3-4,13-14H2,1-2H3,(H2,31,32,35). The fraction of sp³-hybridized carbons (Fsp3) is 0.250. The average molecular weight is 519 g/mol. The van der Waals surface area contributed by atoms with Gasteiger partial charge < -0.3 is 20.3 Å². The van der Waals surface area contributed by atoms with Crippen molar-refractivity contribution >= 4 is 39.2 Å². The Balaban J connectivity index is 1.34. The van der Waals surface area contributed by atoms with E-state index in [9.17, 15) is 14.0 Å². The zero-order chi connectivity index (χ0) is 25.9. The number of nitrogens with one attached hydrogen (secondary N) is 2. The molecule has 3 heterocycles. The zero-order valence-electron chi connectivity index (χ0n) is 20.6. The van der Waals surface area contributed by atoms with E-state index in [0.717, 1.165) is 46.6 Å². The zero-order valence-corrected chi connectivity index (χ0v) is 21.4. The third kappa shape index (κ3) is 5.56. The highest BCUT2D eigenvalue weighted by Gasteiger charge is 2.20. The van der Waals surface area contributed by atoms with Crippen molar-refractivity contribution in [2.75, 3.05) is 18.4 Å². The first-order chi connectivity index (χ1) is 17.9. The Labute approximate surface area is 218 Å². The number of ether oxygens (including phenoxy) is 1. The average Bonchev–Trinajstić information content (AvgIpc) is 3.56. The summed E-state index contributed by atoms with van der Waals surface area (Å²) in [5.74, 6) is 0.00479. The first kappa shape index (κ1) is 24.7. The number of amides is 3. The molecule has 0 aliphatic carbocycles. The largest absolute Gasteiger partial charge is 0.453 e. The van der Waals surface area contributed by atoms with Gasteiger partial charge in [0.25, 0.3) is 5.91 Å². The SMILES string of the molecule is CC(C)NC(=O)Nc1ccc(Oc2ccnc3cc(-c4ccc(C(=O)N5CCCC5)cc4)sc23)c(F)c1. The molecule has 0 bridgehead atoms. The quantitative estimate of drug-likeness (QED) is 0.299. The van der Waals surface area contributed by atoms with E-state index >= 15 is 0 Å². The molecule has 3 amide bonds. The lowest BCUT2D eigenvalue weighted by molar-refractivity contribution is 0.0793. The number of likely N-dealkylation sites (tertiary alicyclic amines) is 1. The van der Waals surface area contributed by atoms with Gasteiger partial charge in [0, 0.05) is 53.6 Å². The molecule has 4 aromatic rings. The maximum absolute atomic E-state index is 14.8. The Morgan fingerprint density at radius 1 is 1.03 bits per heavy atom. The third-order valence-electron chi connectivity index (χ3n) is 6.01. The fourth-order valence-electron chi connectivity index (χ4n) is 4.23. The monoisotopic (exact) mass is 518 g/mol. The topological polar surface area (TPSA) is 83.6 Å². The summed E-state index contributed by atoms with van der Waals surface area (Å²) in [5, 5.41) is 5.30. The molecule has 190 valence electrons. The number of urea groups is 1. The number of rotatable bonds is 6. The number of hydrogen-bond acceptors (Lipinski definition) is 5. The van der Waals surface area contributed by atoms with Crippen LogP contribution < -0.4 is 15.4 Å². The van der Waals surface area contributed by atoms with E-state index in [4.69, 9.17) is 4.74 Å². The van der Waals surface area contributed by atoms with Crippen LogP contribution in [0.5, 0.6) is 11.5 Å². The predicted octanol–water partition coefficient (Wildman–Crippen LogP) is 6.66. The highest BCUT2D eigenvalue weighted by atomic mass is 32.1. The lowest BCUT2D eigenvalue weighted by atomic mass is 10.1. The van der Waals surface area contributed by atoms with Gasteiger partial charge in [-0.3, -0.25) is 9.78 Å². The van der Waals surface area contributed by atoms with Crippen LogP contribution in [0.1, 0.15) is 37.0 Å². The minimum Gasteiger partial charge on any atom is -0.453 e. The van der Waals surface area contributed by atoms with Gasteiger partial charge in [-0.1, -0.05) is 12.1 Å². The summed E-state index contributed by atoms with van der Waals surface area (Å²) in [7, 11) is 0. The van der Waals surface area contributed by atoms with Gasteiger partial charge in [-0.15, -0.1) is 11.3 Å². The number of carbonyl (C=O) groups excluding carboxylic acids is 2. The lowest BCUT2D eigenvalue weighted by Gasteiger charge is -2.15. The van der Waals surface area contributed by atoms with Crippen LogP contribution in [0.25, 0.3) is 20.7 Å². The molecule has 5 rings (SSSR count). The van der Waals surface area contributed by atoms with Gasteiger partial charge in [0.15, 0.2) is 11.6 Å². The molecule has 0 atom stereocenters. The maximum atomic E-state index is 14.8. The number of anilines is 1. The lowest BCUT2D eigenvalue weighted by Crippen LogP contribution is -2.34.